The van der Waals surface area contributed by atoms with Crippen LogP contribution in [0.5, 0.6) is 0 Å². The van der Waals surface area contributed by atoms with E-state index in [2.05, 4.69) is 31.8 Å². The predicted octanol–water partition coefficient (Wildman–Crippen LogP) is 1.55. The zero-order valence-electron chi connectivity index (χ0n) is 16.3. The van der Waals surface area contributed by atoms with Gasteiger partial charge in [0.1, 0.15) is 17.3 Å². The summed E-state index contributed by atoms with van der Waals surface area (Å²) in [4.78, 5) is 16.9. The number of aromatic nitrogens is 5. The van der Waals surface area contributed by atoms with Crippen molar-refractivity contribution in [2.75, 3.05) is 26.2 Å². The summed E-state index contributed by atoms with van der Waals surface area (Å²) in [5.74, 6) is 2.51. The van der Waals surface area contributed by atoms with Crippen molar-refractivity contribution in [1.29, 1.82) is 0 Å². The van der Waals surface area contributed by atoms with Gasteiger partial charge in [-0.1, -0.05) is 6.42 Å². The van der Waals surface area contributed by atoms with E-state index in [0.717, 1.165) is 57.2 Å². The number of likely N-dealkylation sites (tertiary alicyclic amines) is 2. The average Bonchev–Trinajstić information content (AvgIpc) is 3.29. The third-order valence-electron chi connectivity index (χ3n) is 5.89. The second-order valence-corrected chi connectivity index (χ2v) is 7.81. The second kappa shape index (κ2) is 7.80. The highest BCUT2D eigenvalue weighted by Crippen LogP contribution is 2.27. The lowest BCUT2D eigenvalue weighted by Crippen LogP contribution is -2.38. The number of hydrogen-bond acceptors (Lipinski definition) is 5. The van der Waals surface area contributed by atoms with Crippen molar-refractivity contribution in [3.05, 3.63) is 29.6 Å². The van der Waals surface area contributed by atoms with E-state index in [-0.39, 0.29) is 5.91 Å². The van der Waals surface area contributed by atoms with E-state index in [1.54, 1.807) is 10.7 Å². The van der Waals surface area contributed by atoms with Crippen molar-refractivity contribution in [2.45, 2.75) is 44.6 Å². The number of amides is 1. The first-order valence-corrected chi connectivity index (χ1v) is 10.0. The fourth-order valence-electron chi connectivity index (χ4n) is 4.22. The number of carbonyl (C=O) groups excluding carboxylic acids is 1. The predicted molar refractivity (Wildman–Crippen MR) is 101 cm³/mol. The third kappa shape index (κ3) is 3.90. The molecule has 2 aromatic rings. The molecule has 0 radical (unpaired) electrons. The van der Waals surface area contributed by atoms with Crippen LogP contribution in [0.4, 0.5) is 0 Å². The van der Waals surface area contributed by atoms with Gasteiger partial charge in [0.05, 0.1) is 6.54 Å². The number of hydrogen-bond donors (Lipinski definition) is 0. The zero-order valence-corrected chi connectivity index (χ0v) is 16.3. The molecule has 4 rings (SSSR count). The van der Waals surface area contributed by atoms with Gasteiger partial charge >= 0.3 is 0 Å². The van der Waals surface area contributed by atoms with Gasteiger partial charge in [0.2, 0.25) is 0 Å². The highest BCUT2D eigenvalue weighted by atomic mass is 16.2. The molecule has 2 saturated heterocycles. The monoisotopic (exact) mass is 371 g/mol. The number of carbonyl (C=O) groups is 1. The van der Waals surface area contributed by atoms with Crippen molar-refractivity contribution in [2.24, 2.45) is 14.1 Å². The molecule has 1 amide bonds. The molecule has 2 aliphatic heterocycles. The molecule has 2 aromatic heterocycles. The first kappa shape index (κ1) is 18.2. The molecule has 2 aliphatic rings. The highest BCUT2D eigenvalue weighted by Gasteiger charge is 2.29. The van der Waals surface area contributed by atoms with Crippen LogP contribution in [0.25, 0.3) is 0 Å². The first-order valence-electron chi connectivity index (χ1n) is 10.0. The lowest BCUT2D eigenvalue weighted by Gasteiger charge is -2.31. The molecule has 0 unspecified atom stereocenters. The molecule has 8 heteroatoms. The summed E-state index contributed by atoms with van der Waals surface area (Å²) in [6, 6.07) is 1.78. The van der Waals surface area contributed by atoms with E-state index in [9.17, 15) is 4.79 Å². The molecule has 0 atom stereocenters. The Kier molecular flexibility index (Phi) is 5.24. The van der Waals surface area contributed by atoms with E-state index in [1.807, 2.05) is 18.1 Å². The van der Waals surface area contributed by atoms with Gasteiger partial charge in [0, 0.05) is 39.3 Å². The van der Waals surface area contributed by atoms with E-state index < -0.39 is 0 Å². The highest BCUT2D eigenvalue weighted by molar-refractivity contribution is 5.92. The van der Waals surface area contributed by atoms with Gasteiger partial charge in [-0.15, -0.1) is 10.2 Å². The summed E-state index contributed by atoms with van der Waals surface area (Å²) in [5, 5.41) is 13.2. The zero-order chi connectivity index (χ0) is 18.8. The summed E-state index contributed by atoms with van der Waals surface area (Å²) in [6.45, 7) is 4.70. The molecule has 0 bridgehead atoms. The Morgan fingerprint density at radius 2 is 1.81 bits per heavy atom. The normalized spacial score (nSPS) is 19.6. The number of aryl methyl sites for hydroxylation is 1. The minimum absolute atomic E-state index is 0.0257. The summed E-state index contributed by atoms with van der Waals surface area (Å²) < 4.78 is 3.85. The SMILES string of the molecule is Cn1ccc(C(=O)N2CCC(c3nnc(CN4CCCCC4)n3C)CC2)n1. The Labute approximate surface area is 160 Å². The smallest absolute Gasteiger partial charge is 0.274 e. The van der Waals surface area contributed by atoms with Crippen LogP contribution in [0, 0.1) is 0 Å². The molecule has 0 spiro atoms. The molecule has 146 valence electrons. The van der Waals surface area contributed by atoms with Crippen LogP contribution in [0.1, 0.15) is 60.2 Å². The summed E-state index contributed by atoms with van der Waals surface area (Å²) in [5.41, 5.74) is 0.526. The van der Waals surface area contributed by atoms with Crippen LogP contribution >= 0.6 is 0 Å². The number of piperidine rings is 2. The molecule has 8 nitrogen and oxygen atoms in total. The van der Waals surface area contributed by atoms with E-state index in [1.165, 1.54) is 19.3 Å². The Morgan fingerprint density at radius 1 is 1.07 bits per heavy atom. The molecular formula is C19H29N7O. The Bertz CT molecular complexity index is 782. The molecule has 2 fully saturated rings. The minimum atomic E-state index is 0.0257. The fourth-order valence-corrected chi connectivity index (χ4v) is 4.22. The van der Waals surface area contributed by atoms with Crippen LogP contribution < -0.4 is 0 Å². The van der Waals surface area contributed by atoms with Crippen LogP contribution in [-0.4, -0.2) is 66.4 Å². The van der Waals surface area contributed by atoms with Gasteiger partial charge in [0.15, 0.2) is 0 Å². The van der Waals surface area contributed by atoms with Crippen LogP contribution in [0.3, 0.4) is 0 Å². The van der Waals surface area contributed by atoms with Gasteiger partial charge in [-0.2, -0.15) is 5.10 Å². The van der Waals surface area contributed by atoms with Gasteiger partial charge < -0.3 is 9.47 Å². The number of rotatable bonds is 4. The molecule has 4 heterocycles. The maximum atomic E-state index is 12.6. The summed E-state index contributed by atoms with van der Waals surface area (Å²) >= 11 is 0. The Balaban J connectivity index is 1.36. The maximum absolute atomic E-state index is 12.6. The quantitative estimate of drug-likeness (QED) is 0.815. The lowest BCUT2D eigenvalue weighted by atomic mass is 9.95. The van der Waals surface area contributed by atoms with Crippen molar-refractivity contribution < 1.29 is 4.79 Å². The number of nitrogens with zero attached hydrogens (tertiary/aromatic N) is 7. The van der Waals surface area contributed by atoms with Gasteiger partial charge in [-0.3, -0.25) is 14.4 Å². The topological polar surface area (TPSA) is 72.1 Å². The van der Waals surface area contributed by atoms with Gasteiger partial charge in [0.25, 0.3) is 5.91 Å². The van der Waals surface area contributed by atoms with Gasteiger partial charge in [-0.25, -0.2) is 0 Å². The standard InChI is InChI=1S/C19H29N7O/c1-23-11-8-16(22-23)19(27)26-12-6-15(7-13-26)18-21-20-17(24(18)2)14-25-9-4-3-5-10-25/h8,11,15H,3-7,9-10,12-14H2,1-2H3. The molecule has 0 aromatic carbocycles. The largest absolute Gasteiger partial charge is 0.337 e. The molecule has 0 aliphatic carbocycles. The molecule has 0 N–H and O–H groups in total. The summed E-state index contributed by atoms with van der Waals surface area (Å²) in [6.07, 6.45) is 7.57. The maximum Gasteiger partial charge on any atom is 0.274 e. The Morgan fingerprint density at radius 3 is 2.48 bits per heavy atom. The first-order chi connectivity index (χ1) is 13.1. The van der Waals surface area contributed by atoms with Crippen molar-refractivity contribution in [3.8, 4) is 0 Å². The van der Waals surface area contributed by atoms with Crippen molar-refractivity contribution in [3.63, 3.8) is 0 Å². The third-order valence-corrected chi connectivity index (χ3v) is 5.89. The van der Waals surface area contributed by atoms with E-state index in [0.29, 0.717) is 11.6 Å². The Hall–Kier alpha value is -2.22. The van der Waals surface area contributed by atoms with Crippen molar-refractivity contribution >= 4 is 5.91 Å². The van der Waals surface area contributed by atoms with Crippen LogP contribution in [-0.2, 0) is 20.6 Å². The molecule has 27 heavy (non-hydrogen) atoms. The molecule has 0 saturated carbocycles. The lowest BCUT2D eigenvalue weighted by molar-refractivity contribution is 0.0703. The van der Waals surface area contributed by atoms with E-state index in [4.69, 9.17) is 0 Å². The van der Waals surface area contributed by atoms with Crippen LogP contribution in [0.2, 0.25) is 0 Å². The van der Waals surface area contributed by atoms with Gasteiger partial charge in [-0.05, 0) is 44.8 Å². The second-order valence-electron chi connectivity index (χ2n) is 7.81. The van der Waals surface area contributed by atoms with E-state index >= 15 is 0 Å². The fraction of sp³-hybridized carbons (Fsp3) is 0.684. The van der Waals surface area contributed by atoms with Crippen molar-refractivity contribution in [1.82, 2.24) is 34.3 Å². The van der Waals surface area contributed by atoms with Crippen LogP contribution in [0.15, 0.2) is 12.3 Å². The molecular weight excluding hydrogens is 342 g/mol. The summed E-state index contributed by atoms with van der Waals surface area (Å²) in [7, 11) is 3.92. The minimum Gasteiger partial charge on any atom is -0.337 e. The average molecular weight is 371 g/mol.